The summed E-state index contributed by atoms with van der Waals surface area (Å²) in [6.45, 7) is 4.88. The van der Waals surface area contributed by atoms with Gasteiger partial charge in [-0.2, -0.15) is 0 Å². The SMILES string of the molecule is CC(C)C(=O)c1ncn2c1CCCC2. The van der Waals surface area contributed by atoms with Crippen LogP contribution in [0, 0.1) is 5.92 Å². The fourth-order valence-corrected chi connectivity index (χ4v) is 1.92. The molecule has 0 aliphatic carbocycles. The van der Waals surface area contributed by atoms with E-state index in [-0.39, 0.29) is 11.7 Å². The quantitative estimate of drug-likeness (QED) is 0.672. The van der Waals surface area contributed by atoms with Crippen molar-refractivity contribution in [2.75, 3.05) is 0 Å². The number of aryl methyl sites for hydroxylation is 1. The molecule has 14 heavy (non-hydrogen) atoms. The second kappa shape index (κ2) is 3.56. The molecule has 2 rings (SSSR count). The summed E-state index contributed by atoms with van der Waals surface area (Å²) in [6.07, 6.45) is 5.21. The van der Waals surface area contributed by atoms with Gasteiger partial charge in [0.25, 0.3) is 0 Å². The summed E-state index contributed by atoms with van der Waals surface area (Å²) >= 11 is 0. The van der Waals surface area contributed by atoms with Crippen LogP contribution in [0.15, 0.2) is 6.33 Å². The smallest absolute Gasteiger partial charge is 0.185 e. The highest BCUT2D eigenvalue weighted by atomic mass is 16.1. The number of hydrogen-bond acceptors (Lipinski definition) is 2. The summed E-state index contributed by atoms with van der Waals surface area (Å²) in [6, 6.07) is 0. The average Bonchev–Trinajstić information content (AvgIpc) is 2.60. The molecular weight excluding hydrogens is 176 g/mol. The molecule has 1 aliphatic heterocycles. The van der Waals surface area contributed by atoms with Crippen LogP contribution in [0.2, 0.25) is 0 Å². The van der Waals surface area contributed by atoms with E-state index in [0.29, 0.717) is 5.69 Å². The zero-order chi connectivity index (χ0) is 10.1. The van der Waals surface area contributed by atoms with Gasteiger partial charge in [-0.1, -0.05) is 13.8 Å². The van der Waals surface area contributed by atoms with E-state index in [1.165, 1.54) is 12.8 Å². The van der Waals surface area contributed by atoms with Crippen molar-refractivity contribution in [1.29, 1.82) is 0 Å². The maximum atomic E-state index is 11.8. The summed E-state index contributed by atoms with van der Waals surface area (Å²) in [5.74, 6) is 0.233. The molecule has 0 unspecified atom stereocenters. The van der Waals surface area contributed by atoms with E-state index in [1.807, 2.05) is 20.2 Å². The average molecular weight is 192 g/mol. The number of imidazole rings is 1. The number of aromatic nitrogens is 2. The van der Waals surface area contributed by atoms with E-state index >= 15 is 0 Å². The standard InChI is InChI=1S/C11H16N2O/c1-8(2)11(14)10-9-5-3-4-6-13(9)7-12-10/h7-8H,3-6H2,1-2H3. The Bertz CT molecular complexity index is 352. The fourth-order valence-electron chi connectivity index (χ4n) is 1.92. The fraction of sp³-hybridized carbons (Fsp3) is 0.636. The molecule has 0 aromatic carbocycles. The van der Waals surface area contributed by atoms with Crippen LogP contribution in [0.25, 0.3) is 0 Å². The highest BCUT2D eigenvalue weighted by molar-refractivity contribution is 5.96. The van der Waals surface area contributed by atoms with Crippen LogP contribution in [-0.2, 0) is 13.0 Å². The third-order valence-electron chi connectivity index (χ3n) is 2.77. The van der Waals surface area contributed by atoms with Crippen LogP contribution in [0.3, 0.4) is 0 Å². The van der Waals surface area contributed by atoms with Crippen molar-refractivity contribution in [3.05, 3.63) is 17.7 Å². The minimum Gasteiger partial charge on any atom is -0.334 e. The molecule has 76 valence electrons. The Morgan fingerprint density at radius 3 is 3.00 bits per heavy atom. The third-order valence-corrected chi connectivity index (χ3v) is 2.77. The molecule has 2 heterocycles. The van der Waals surface area contributed by atoms with Gasteiger partial charge in [0.1, 0.15) is 5.69 Å². The summed E-state index contributed by atoms with van der Waals surface area (Å²) in [4.78, 5) is 16.0. The van der Waals surface area contributed by atoms with Gasteiger partial charge < -0.3 is 4.57 Å². The van der Waals surface area contributed by atoms with Crippen molar-refractivity contribution >= 4 is 5.78 Å². The van der Waals surface area contributed by atoms with Crippen molar-refractivity contribution in [2.24, 2.45) is 5.92 Å². The van der Waals surface area contributed by atoms with Gasteiger partial charge in [0.05, 0.1) is 6.33 Å². The van der Waals surface area contributed by atoms with Crippen LogP contribution in [0.5, 0.6) is 0 Å². The predicted octanol–water partition coefficient (Wildman–Crippen LogP) is 2.06. The summed E-state index contributed by atoms with van der Waals surface area (Å²) in [7, 11) is 0. The number of fused-ring (bicyclic) bond motifs is 1. The van der Waals surface area contributed by atoms with Gasteiger partial charge in [-0.05, 0) is 19.3 Å². The van der Waals surface area contributed by atoms with Gasteiger partial charge in [-0.3, -0.25) is 4.79 Å². The summed E-state index contributed by atoms with van der Waals surface area (Å²) in [5.41, 5.74) is 1.86. The largest absolute Gasteiger partial charge is 0.334 e. The first kappa shape index (κ1) is 9.44. The molecule has 0 saturated carbocycles. The normalized spacial score (nSPS) is 15.6. The lowest BCUT2D eigenvalue weighted by Gasteiger charge is -2.15. The van der Waals surface area contributed by atoms with Gasteiger partial charge in [-0.15, -0.1) is 0 Å². The van der Waals surface area contributed by atoms with E-state index in [9.17, 15) is 4.79 Å². The van der Waals surface area contributed by atoms with Gasteiger partial charge >= 0.3 is 0 Å². The molecule has 3 heteroatoms. The first-order valence-electron chi connectivity index (χ1n) is 5.28. The monoisotopic (exact) mass is 192 g/mol. The lowest BCUT2D eigenvalue weighted by Crippen LogP contribution is -2.15. The number of ketones is 1. The predicted molar refractivity (Wildman–Crippen MR) is 54.3 cm³/mol. The summed E-state index contributed by atoms with van der Waals surface area (Å²) < 4.78 is 2.12. The lowest BCUT2D eigenvalue weighted by atomic mass is 10.0. The van der Waals surface area contributed by atoms with Crippen molar-refractivity contribution in [3.63, 3.8) is 0 Å². The highest BCUT2D eigenvalue weighted by Gasteiger charge is 2.21. The molecule has 0 spiro atoms. The van der Waals surface area contributed by atoms with E-state index < -0.39 is 0 Å². The molecule has 0 N–H and O–H groups in total. The molecular formula is C11H16N2O. The molecule has 0 radical (unpaired) electrons. The van der Waals surface area contributed by atoms with Crippen LogP contribution in [0.4, 0.5) is 0 Å². The van der Waals surface area contributed by atoms with Gasteiger partial charge in [0.15, 0.2) is 5.78 Å². The highest BCUT2D eigenvalue weighted by Crippen LogP contribution is 2.19. The van der Waals surface area contributed by atoms with E-state index in [0.717, 1.165) is 18.7 Å². The van der Waals surface area contributed by atoms with Crippen LogP contribution >= 0.6 is 0 Å². The van der Waals surface area contributed by atoms with Crippen molar-refractivity contribution < 1.29 is 4.79 Å². The van der Waals surface area contributed by atoms with Crippen molar-refractivity contribution in [1.82, 2.24) is 9.55 Å². The third kappa shape index (κ3) is 1.47. The number of carbonyl (C=O) groups is 1. The second-order valence-corrected chi connectivity index (χ2v) is 4.21. The van der Waals surface area contributed by atoms with Crippen molar-refractivity contribution in [3.8, 4) is 0 Å². The van der Waals surface area contributed by atoms with E-state index in [4.69, 9.17) is 0 Å². The maximum absolute atomic E-state index is 11.8. The minimum absolute atomic E-state index is 0.0523. The molecule has 0 atom stereocenters. The number of nitrogens with zero attached hydrogens (tertiary/aromatic N) is 2. The van der Waals surface area contributed by atoms with E-state index in [1.54, 1.807) is 0 Å². The Labute approximate surface area is 84.1 Å². The summed E-state index contributed by atoms with van der Waals surface area (Å²) in [5, 5.41) is 0. The zero-order valence-corrected chi connectivity index (χ0v) is 8.79. The molecule has 1 aliphatic rings. The number of Topliss-reactive ketones (excluding diaryl/α,β-unsaturated/α-hetero) is 1. The Morgan fingerprint density at radius 2 is 2.29 bits per heavy atom. The Hall–Kier alpha value is -1.12. The van der Waals surface area contributed by atoms with Gasteiger partial charge in [-0.25, -0.2) is 4.98 Å². The minimum atomic E-state index is 0.0523. The zero-order valence-electron chi connectivity index (χ0n) is 8.79. The topological polar surface area (TPSA) is 34.9 Å². The molecule has 1 aromatic heterocycles. The number of rotatable bonds is 2. The van der Waals surface area contributed by atoms with Crippen molar-refractivity contribution in [2.45, 2.75) is 39.7 Å². The van der Waals surface area contributed by atoms with Crippen LogP contribution in [-0.4, -0.2) is 15.3 Å². The molecule has 0 fully saturated rings. The van der Waals surface area contributed by atoms with Gasteiger partial charge in [0.2, 0.25) is 0 Å². The maximum Gasteiger partial charge on any atom is 0.185 e. The van der Waals surface area contributed by atoms with Crippen LogP contribution in [0.1, 0.15) is 42.9 Å². The number of carbonyl (C=O) groups excluding carboxylic acids is 1. The molecule has 0 bridgehead atoms. The molecule has 0 saturated heterocycles. The molecule has 3 nitrogen and oxygen atoms in total. The first-order chi connectivity index (χ1) is 6.70. The molecule has 1 aromatic rings. The Balaban J connectivity index is 2.35. The lowest BCUT2D eigenvalue weighted by molar-refractivity contribution is 0.0933. The van der Waals surface area contributed by atoms with Crippen LogP contribution < -0.4 is 0 Å². The Kier molecular flexibility index (Phi) is 2.40. The number of hydrogen-bond donors (Lipinski definition) is 0. The second-order valence-electron chi connectivity index (χ2n) is 4.21. The van der Waals surface area contributed by atoms with Gasteiger partial charge in [0, 0.05) is 18.2 Å². The Morgan fingerprint density at radius 1 is 1.50 bits per heavy atom. The molecule has 0 amide bonds. The van der Waals surface area contributed by atoms with E-state index in [2.05, 4.69) is 9.55 Å². The first-order valence-corrected chi connectivity index (χ1v) is 5.28.